The highest BCUT2D eigenvalue weighted by Gasteiger charge is 2.26. The van der Waals surface area contributed by atoms with E-state index in [0.717, 1.165) is 0 Å². The van der Waals surface area contributed by atoms with Gasteiger partial charge in [0.1, 0.15) is 13.2 Å². The molecule has 1 aliphatic heterocycles. The van der Waals surface area contributed by atoms with E-state index in [0.29, 0.717) is 19.0 Å². The van der Waals surface area contributed by atoms with Gasteiger partial charge in [-0.2, -0.15) is 0 Å². The van der Waals surface area contributed by atoms with Gasteiger partial charge in [0.25, 0.3) is 0 Å². The Morgan fingerprint density at radius 2 is 2.19 bits per heavy atom. The summed E-state index contributed by atoms with van der Waals surface area (Å²) in [5, 5.41) is 9.51. The molecule has 0 bridgehead atoms. The molecule has 6 heteroatoms. The Hall–Kier alpha value is -1.04. The topological polar surface area (TPSA) is 64.7 Å². The highest BCUT2D eigenvalue weighted by Crippen LogP contribution is 2.41. The lowest BCUT2D eigenvalue weighted by Crippen LogP contribution is -2.21. The van der Waals surface area contributed by atoms with Crippen LogP contribution in [-0.4, -0.2) is 24.9 Å². The summed E-state index contributed by atoms with van der Waals surface area (Å²) in [6, 6.07) is 1.33. The minimum Gasteiger partial charge on any atom is -0.486 e. The summed E-state index contributed by atoms with van der Waals surface area (Å²) in [4.78, 5) is 0. The highest BCUT2D eigenvalue weighted by atomic mass is 35.5. The summed E-state index contributed by atoms with van der Waals surface area (Å²) < 4.78 is 24.3. The number of fused-ring (bicyclic) bond motifs is 1. The highest BCUT2D eigenvalue weighted by molar-refractivity contribution is 6.31. The van der Waals surface area contributed by atoms with E-state index in [1.54, 1.807) is 0 Å². The van der Waals surface area contributed by atoms with Gasteiger partial charge in [-0.3, -0.25) is 0 Å². The first-order valence-electron chi connectivity index (χ1n) is 4.80. The third kappa shape index (κ3) is 1.81. The average Bonchev–Trinajstić information content (AvgIpc) is 2.30. The van der Waals surface area contributed by atoms with Crippen molar-refractivity contribution in [3.63, 3.8) is 0 Å². The van der Waals surface area contributed by atoms with Crippen LogP contribution in [0.15, 0.2) is 6.07 Å². The van der Waals surface area contributed by atoms with E-state index in [1.807, 2.05) is 0 Å². The lowest BCUT2D eigenvalue weighted by Gasteiger charge is -2.23. The summed E-state index contributed by atoms with van der Waals surface area (Å²) in [5.41, 5.74) is 5.26. The monoisotopic (exact) mass is 247 g/mol. The first kappa shape index (κ1) is 11.4. The van der Waals surface area contributed by atoms with Gasteiger partial charge in [0.2, 0.25) is 0 Å². The van der Waals surface area contributed by atoms with Gasteiger partial charge in [-0.05, 0) is 0 Å². The van der Waals surface area contributed by atoms with Crippen molar-refractivity contribution >= 4 is 11.6 Å². The molecule has 0 saturated heterocycles. The molecule has 0 saturated carbocycles. The van der Waals surface area contributed by atoms with Crippen molar-refractivity contribution in [2.75, 3.05) is 19.8 Å². The lowest BCUT2D eigenvalue weighted by molar-refractivity contribution is 0.145. The maximum Gasteiger partial charge on any atom is 0.170 e. The summed E-state index contributed by atoms with van der Waals surface area (Å²) in [7, 11) is 0. The minimum absolute atomic E-state index is 0.0373. The van der Waals surface area contributed by atoms with Crippen LogP contribution >= 0.6 is 11.6 Å². The molecule has 1 heterocycles. The van der Waals surface area contributed by atoms with E-state index in [1.165, 1.54) is 6.07 Å². The van der Waals surface area contributed by atoms with E-state index in [4.69, 9.17) is 26.8 Å². The van der Waals surface area contributed by atoms with E-state index in [-0.39, 0.29) is 22.9 Å². The number of hydrogen-bond acceptors (Lipinski definition) is 4. The van der Waals surface area contributed by atoms with Crippen molar-refractivity contribution in [3.05, 3.63) is 22.5 Å². The second kappa shape index (κ2) is 4.45. The van der Waals surface area contributed by atoms with Crippen molar-refractivity contribution < 1.29 is 19.0 Å². The van der Waals surface area contributed by atoms with Crippen LogP contribution in [0.2, 0.25) is 5.02 Å². The van der Waals surface area contributed by atoms with Gasteiger partial charge in [-0.15, -0.1) is 0 Å². The number of aliphatic hydroxyl groups excluding tert-OH is 1. The maximum absolute atomic E-state index is 13.7. The van der Waals surface area contributed by atoms with Crippen molar-refractivity contribution in [2.45, 2.75) is 6.10 Å². The number of ether oxygens (including phenoxy) is 2. The van der Waals surface area contributed by atoms with Crippen LogP contribution in [0, 0.1) is 5.82 Å². The smallest absolute Gasteiger partial charge is 0.170 e. The SMILES string of the molecule is NCC(O)c1c(F)c(Cl)cc2c1OCCO2. The van der Waals surface area contributed by atoms with E-state index >= 15 is 0 Å². The predicted molar refractivity (Wildman–Crippen MR) is 56.4 cm³/mol. The summed E-state index contributed by atoms with van der Waals surface area (Å²) in [6.07, 6.45) is -1.16. The van der Waals surface area contributed by atoms with Crippen molar-refractivity contribution in [2.24, 2.45) is 5.73 Å². The molecule has 0 fully saturated rings. The van der Waals surface area contributed by atoms with Crippen LogP contribution in [0.25, 0.3) is 0 Å². The molecule has 3 N–H and O–H groups in total. The zero-order valence-corrected chi connectivity index (χ0v) is 9.13. The number of aliphatic hydroxyl groups is 1. The third-order valence-electron chi connectivity index (χ3n) is 2.32. The van der Waals surface area contributed by atoms with Gasteiger partial charge in [-0.1, -0.05) is 11.6 Å². The van der Waals surface area contributed by atoms with Gasteiger partial charge in [0.05, 0.1) is 16.7 Å². The average molecular weight is 248 g/mol. The summed E-state index contributed by atoms with van der Waals surface area (Å²) in [5.74, 6) is -0.199. The zero-order valence-electron chi connectivity index (χ0n) is 8.37. The summed E-state index contributed by atoms with van der Waals surface area (Å²) in [6.45, 7) is 0.554. The van der Waals surface area contributed by atoms with E-state index in [9.17, 15) is 9.50 Å². The number of benzene rings is 1. The van der Waals surface area contributed by atoms with Gasteiger partial charge in [0.15, 0.2) is 17.3 Å². The molecule has 1 aliphatic rings. The Bertz CT molecular complexity index is 414. The predicted octanol–water partition coefficient (Wildman–Crippen LogP) is 1.24. The Morgan fingerprint density at radius 3 is 2.88 bits per heavy atom. The first-order chi connectivity index (χ1) is 7.65. The normalized spacial score (nSPS) is 16.0. The van der Waals surface area contributed by atoms with Crippen molar-refractivity contribution in [1.29, 1.82) is 0 Å². The molecule has 16 heavy (non-hydrogen) atoms. The minimum atomic E-state index is -1.16. The van der Waals surface area contributed by atoms with E-state index in [2.05, 4.69) is 0 Å². The second-order valence-electron chi connectivity index (χ2n) is 3.36. The molecule has 0 aromatic heterocycles. The van der Waals surface area contributed by atoms with E-state index < -0.39 is 11.9 Å². The van der Waals surface area contributed by atoms with Crippen LogP contribution in [0.3, 0.4) is 0 Å². The molecule has 0 radical (unpaired) electrons. The molecule has 1 aromatic rings. The van der Waals surface area contributed by atoms with Crippen LogP contribution in [0.5, 0.6) is 11.5 Å². The molecule has 1 unspecified atom stereocenters. The molecular weight excluding hydrogens is 237 g/mol. The van der Waals surface area contributed by atoms with Gasteiger partial charge in [-0.25, -0.2) is 4.39 Å². The fourth-order valence-corrected chi connectivity index (χ4v) is 1.77. The van der Waals surface area contributed by atoms with Gasteiger partial charge >= 0.3 is 0 Å². The maximum atomic E-state index is 13.7. The number of rotatable bonds is 2. The van der Waals surface area contributed by atoms with Crippen molar-refractivity contribution in [3.8, 4) is 11.5 Å². The molecule has 88 valence electrons. The quantitative estimate of drug-likeness (QED) is 0.825. The van der Waals surface area contributed by atoms with Crippen molar-refractivity contribution in [1.82, 2.24) is 0 Å². The van der Waals surface area contributed by atoms with Gasteiger partial charge in [0, 0.05) is 12.6 Å². The van der Waals surface area contributed by atoms with Crippen LogP contribution < -0.4 is 15.2 Å². The fraction of sp³-hybridized carbons (Fsp3) is 0.400. The Kier molecular flexibility index (Phi) is 3.18. The van der Waals surface area contributed by atoms with Gasteiger partial charge < -0.3 is 20.3 Å². The molecule has 0 spiro atoms. The zero-order chi connectivity index (χ0) is 11.7. The Labute approximate surface area is 96.7 Å². The van der Waals surface area contributed by atoms with Crippen LogP contribution in [0.1, 0.15) is 11.7 Å². The molecule has 1 atom stereocenters. The lowest BCUT2D eigenvalue weighted by atomic mass is 10.1. The fourth-order valence-electron chi connectivity index (χ4n) is 1.57. The molecule has 0 amide bonds. The largest absolute Gasteiger partial charge is 0.486 e. The molecule has 1 aromatic carbocycles. The first-order valence-corrected chi connectivity index (χ1v) is 5.18. The molecular formula is C10H11ClFNO3. The van der Waals surface area contributed by atoms with Crippen LogP contribution in [-0.2, 0) is 0 Å². The third-order valence-corrected chi connectivity index (χ3v) is 2.59. The molecule has 2 rings (SSSR count). The number of nitrogens with two attached hydrogens (primary N) is 1. The number of hydrogen-bond donors (Lipinski definition) is 2. The second-order valence-corrected chi connectivity index (χ2v) is 3.77. The Balaban J connectivity index is 2.59. The summed E-state index contributed by atoms with van der Waals surface area (Å²) >= 11 is 5.69. The van der Waals surface area contributed by atoms with Crippen LogP contribution in [0.4, 0.5) is 4.39 Å². The molecule has 0 aliphatic carbocycles. The Morgan fingerprint density at radius 1 is 1.50 bits per heavy atom. The standard InChI is InChI=1S/C10H11ClFNO3/c11-5-3-7-10(16-2-1-15-7)8(9(5)12)6(14)4-13/h3,6,14H,1-2,4,13H2. The number of halogens is 2. The molecule has 4 nitrogen and oxygen atoms in total.